The molecule has 0 fully saturated rings. The Labute approximate surface area is 119 Å². The van der Waals surface area contributed by atoms with Gasteiger partial charge in [0.05, 0.1) is 0 Å². The van der Waals surface area contributed by atoms with Crippen molar-refractivity contribution >= 4 is 17.8 Å². The molecule has 3 N–H and O–H groups in total. The van der Waals surface area contributed by atoms with E-state index in [0.717, 1.165) is 5.56 Å². The summed E-state index contributed by atoms with van der Waals surface area (Å²) in [5, 5.41) is 15.0. The monoisotopic (exact) mass is 282 g/mol. The zero-order valence-electron chi connectivity index (χ0n) is 11.7. The average Bonchev–Trinajstić information content (AvgIpc) is 2.37. The van der Waals surface area contributed by atoms with Crippen LogP contribution in [0.2, 0.25) is 0 Å². The molecule has 106 valence electrons. The highest BCUT2D eigenvalue weighted by molar-refractivity contribution is 7.99. The molecular weight excluding hydrogens is 260 g/mol. The van der Waals surface area contributed by atoms with Gasteiger partial charge in [0.1, 0.15) is 5.75 Å². The van der Waals surface area contributed by atoms with Crippen molar-refractivity contribution in [3.63, 3.8) is 0 Å². The van der Waals surface area contributed by atoms with Crippen molar-refractivity contribution in [1.29, 1.82) is 0 Å². The highest BCUT2D eigenvalue weighted by atomic mass is 32.2. The van der Waals surface area contributed by atoms with E-state index in [2.05, 4.69) is 24.5 Å². The zero-order valence-corrected chi connectivity index (χ0v) is 12.5. The molecule has 1 aromatic rings. The molecule has 0 saturated carbocycles. The number of carbonyl (C=O) groups is 1. The van der Waals surface area contributed by atoms with Gasteiger partial charge in [-0.3, -0.25) is 0 Å². The minimum absolute atomic E-state index is 0.0442. The van der Waals surface area contributed by atoms with Gasteiger partial charge in [-0.25, -0.2) is 4.79 Å². The third-order valence-electron chi connectivity index (χ3n) is 2.84. The summed E-state index contributed by atoms with van der Waals surface area (Å²) < 4.78 is 0.0442. The van der Waals surface area contributed by atoms with Crippen LogP contribution in [0.25, 0.3) is 0 Å². The molecule has 0 spiro atoms. The van der Waals surface area contributed by atoms with E-state index in [1.165, 1.54) is 0 Å². The number of thioether (sulfide) groups is 1. The molecule has 1 aromatic carbocycles. The molecule has 0 aliphatic heterocycles. The van der Waals surface area contributed by atoms with Crippen LogP contribution in [0.3, 0.4) is 0 Å². The molecular formula is C14H22N2O2S. The Hall–Kier alpha value is -1.36. The molecule has 0 aliphatic carbocycles. The van der Waals surface area contributed by atoms with Crippen molar-refractivity contribution in [2.45, 2.75) is 25.0 Å². The highest BCUT2D eigenvalue weighted by Gasteiger charge is 2.16. The van der Waals surface area contributed by atoms with E-state index in [4.69, 9.17) is 0 Å². The Kier molecular flexibility index (Phi) is 6.02. The number of carbonyl (C=O) groups excluding carboxylic acids is 1. The van der Waals surface area contributed by atoms with Crippen molar-refractivity contribution in [3.05, 3.63) is 29.8 Å². The lowest BCUT2D eigenvalue weighted by molar-refractivity contribution is 0.240. The minimum atomic E-state index is -0.151. The van der Waals surface area contributed by atoms with Crippen LogP contribution in [0.4, 0.5) is 4.79 Å². The van der Waals surface area contributed by atoms with Gasteiger partial charge in [-0.1, -0.05) is 12.1 Å². The maximum Gasteiger partial charge on any atom is 0.314 e. The Balaban J connectivity index is 2.24. The number of phenolic OH excluding ortho intramolecular Hbond substituents is 1. The normalized spacial score (nSPS) is 11.1. The first kappa shape index (κ1) is 15.7. The van der Waals surface area contributed by atoms with Crippen LogP contribution in [0, 0.1) is 0 Å². The summed E-state index contributed by atoms with van der Waals surface area (Å²) in [7, 11) is 0. The molecule has 0 atom stereocenters. The predicted molar refractivity (Wildman–Crippen MR) is 80.8 cm³/mol. The van der Waals surface area contributed by atoms with Gasteiger partial charge in [0.25, 0.3) is 0 Å². The Bertz CT molecular complexity index is 422. The lowest BCUT2D eigenvalue weighted by Gasteiger charge is -2.22. The summed E-state index contributed by atoms with van der Waals surface area (Å²) in [6.45, 7) is 5.36. The number of benzene rings is 1. The SMILES string of the molecule is CSC(C)(C)CNC(=O)NCCc1cccc(O)c1. The average molecular weight is 282 g/mol. The van der Waals surface area contributed by atoms with Gasteiger partial charge in [0.15, 0.2) is 0 Å². The lowest BCUT2D eigenvalue weighted by atomic mass is 10.1. The standard InChI is InChI=1S/C14H22N2O2S/c1-14(2,19-3)10-16-13(18)15-8-7-11-5-4-6-12(17)9-11/h4-6,9,17H,7-8,10H2,1-3H3,(H2,15,16,18). The number of urea groups is 1. The summed E-state index contributed by atoms with van der Waals surface area (Å²) in [5.41, 5.74) is 1.00. The number of phenols is 1. The molecule has 19 heavy (non-hydrogen) atoms. The number of amides is 2. The third-order valence-corrected chi connectivity index (χ3v) is 4.09. The molecule has 1 rings (SSSR count). The smallest absolute Gasteiger partial charge is 0.314 e. The first-order valence-electron chi connectivity index (χ1n) is 6.28. The second-order valence-corrected chi connectivity index (χ2v) is 6.51. The van der Waals surface area contributed by atoms with Crippen molar-refractivity contribution in [2.24, 2.45) is 0 Å². The Morgan fingerprint density at radius 2 is 2.11 bits per heavy atom. The predicted octanol–water partition coefficient (Wildman–Crippen LogP) is 2.38. The van der Waals surface area contributed by atoms with Crippen LogP contribution < -0.4 is 10.6 Å². The van der Waals surface area contributed by atoms with Crippen LogP contribution in [-0.2, 0) is 6.42 Å². The second kappa shape index (κ2) is 7.28. The minimum Gasteiger partial charge on any atom is -0.508 e. The number of nitrogens with one attached hydrogen (secondary N) is 2. The molecule has 0 saturated heterocycles. The van der Waals surface area contributed by atoms with E-state index < -0.39 is 0 Å². The maximum absolute atomic E-state index is 11.6. The summed E-state index contributed by atoms with van der Waals surface area (Å²) >= 11 is 1.72. The highest BCUT2D eigenvalue weighted by Crippen LogP contribution is 2.19. The quantitative estimate of drug-likeness (QED) is 0.750. The van der Waals surface area contributed by atoms with Gasteiger partial charge in [0, 0.05) is 17.8 Å². The molecule has 0 bridgehead atoms. The maximum atomic E-state index is 11.6. The Morgan fingerprint density at radius 3 is 2.74 bits per heavy atom. The van der Waals surface area contributed by atoms with Gasteiger partial charge < -0.3 is 15.7 Å². The van der Waals surface area contributed by atoms with E-state index in [1.807, 2.05) is 12.3 Å². The van der Waals surface area contributed by atoms with Crippen molar-refractivity contribution in [1.82, 2.24) is 10.6 Å². The van der Waals surface area contributed by atoms with Crippen LogP contribution >= 0.6 is 11.8 Å². The fourth-order valence-corrected chi connectivity index (χ4v) is 1.68. The first-order valence-corrected chi connectivity index (χ1v) is 7.50. The van der Waals surface area contributed by atoms with Crippen LogP contribution in [0.15, 0.2) is 24.3 Å². The molecule has 0 aliphatic rings. The molecule has 2 amide bonds. The summed E-state index contributed by atoms with van der Waals surface area (Å²) in [6.07, 6.45) is 2.73. The summed E-state index contributed by atoms with van der Waals surface area (Å²) in [6, 6.07) is 6.91. The zero-order chi connectivity index (χ0) is 14.3. The number of hydrogen-bond acceptors (Lipinski definition) is 3. The molecule has 0 unspecified atom stereocenters. The molecule has 0 radical (unpaired) electrons. The number of aromatic hydroxyl groups is 1. The summed E-state index contributed by atoms with van der Waals surface area (Å²) in [5.74, 6) is 0.253. The van der Waals surface area contributed by atoms with E-state index in [1.54, 1.807) is 30.0 Å². The van der Waals surface area contributed by atoms with Crippen LogP contribution in [0.5, 0.6) is 5.75 Å². The number of rotatable bonds is 6. The van der Waals surface area contributed by atoms with Crippen molar-refractivity contribution in [3.8, 4) is 5.75 Å². The number of hydrogen-bond donors (Lipinski definition) is 3. The van der Waals surface area contributed by atoms with Gasteiger partial charge in [-0.05, 0) is 44.2 Å². The van der Waals surface area contributed by atoms with Gasteiger partial charge in [-0.15, -0.1) is 0 Å². The molecule has 4 nitrogen and oxygen atoms in total. The largest absolute Gasteiger partial charge is 0.508 e. The first-order chi connectivity index (χ1) is 8.93. The van der Waals surface area contributed by atoms with E-state index in [9.17, 15) is 9.90 Å². The summed E-state index contributed by atoms with van der Waals surface area (Å²) in [4.78, 5) is 11.6. The van der Waals surface area contributed by atoms with Crippen molar-refractivity contribution < 1.29 is 9.90 Å². The fourth-order valence-electron chi connectivity index (χ4n) is 1.46. The van der Waals surface area contributed by atoms with Crippen LogP contribution in [0.1, 0.15) is 19.4 Å². The second-order valence-electron chi connectivity index (χ2n) is 4.99. The molecule has 5 heteroatoms. The molecule has 0 aromatic heterocycles. The molecule has 0 heterocycles. The Morgan fingerprint density at radius 1 is 1.37 bits per heavy atom. The topological polar surface area (TPSA) is 61.4 Å². The van der Waals surface area contributed by atoms with E-state index in [0.29, 0.717) is 19.5 Å². The third kappa shape index (κ3) is 6.38. The van der Waals surface area contributed by atoms with Gasteiger partial charge in [-0.2, -0.15) is 11.8 Å². The lowest BCUT2D eigenvalue weighted by Crippen LogP contribution is -2.42. The van der Waals surface area contributed by atoms with Crippen LogP contribution in [-0.4, -0.2) is 35.2 Å². The van der Waals surface area contributed by atoms with Gasteiger partial charge >= 0.3 is 6.03 Å². The fraction of sp³-hybridized carbons (Fsp3) is 0.500. The van der Waals surface area contributed by atoms with E-state index in [-0.39, 0.29) is 16.5 Å². The van der Waals surface area contributed by atoms with E-state index >= 15 is 0 Å². The van der Waals surface area contributed by atoms with Gasteiger partial charge in [0.2, 0.25) is 0 Å². The van der Waals surface area contributed by atoms with Crippen molar-refractivity contribution in [2.75, 3.05) is 19.3 Å².